The molecule has 1 rings (SSSR count). The third kappa shape index (κ3) is 4.46. The normalized spacial score (nSPS) is 23.3. The highest BCUT2D eigenvalue weighted by Crippen LogP contribution is 2.38. The molecule has 4 heteroatoms. The molecular formula is C15H28NO3. The Bertz CT molecular complexity index is 295. The van der Waals surface area contributed by atoms with E-state index in [-0.39, 0.29) is 12.1 Å². The highest BCUT2D eigenvalue weighted by atomic mass is 16.5. The summed E-state index contributed by atoms with van der Waals surface area (Å²) in [4.78, 5) is 11.8. The lowest BCUT2D eigenvalue weighted by Gasteiger charge is -2.49. The number of esters is 1. The molecule has 111 valence electrons. The summed E-state index contributed by atoms with van der Waals surface area (Å²) < 4.78 is 5.55. The summed E-state index contributed by atoms with van der Waals surface area (Å²) in [5.41, 5.74) is -0.952. The van der Waals surface area contributed by atoms with Gasteiger partial charge < -0.3 is 4.74 Å². The van der Waals surface area contributed by atoms with Crippen molar-refractivity contribution in [2.45, 2.75) is 90.3 Å². The highest BCUT2D eigenvalue weighted by molar-refractivity contribution is 5.69. The summed E-state index contributed by atoms with van der Waals surface area (Å²) in [6.07, 6.45) is 4.63. The van der Waals surface area contributed by atoms with Crippen LogP contribution < -0.4 is 0 Å². The van der Waals surface area contributed by atoms with Gasteiger partial charge in [-0.25, -0.2) is 0 Å². The molecule has 0 bridgehead atoms. The lowest BCUT2D eigenvalue weighted by Crippen LogP contribution is -2.60. The van der Waals surface area contributed by atoms with E-state index in [0.717, 1.165) is 24.3 Å². The van der Waals surface area contributed by atoms with Crippen molar-refractivity contribution in [1.82, 2.24) is 5.06 Å². The molecule has 1 aliphatic heterocycles. The van der Waals surface area contributed by atoms with Gasteiger partial charge in [-0.15, -0.1) is 10.3 Å². The SMILES string of the molecule is CCCCCC(=O)OC1CC(C)(C)N([O])C(C)(C)C1. The summed E-state index contributed by atoms with van der Waals surface area (Å²) in [7, 11) is 0. The fourth-order valence-corrected chi connectivity index (χ4v) is 3.02. The van der Waals surface area contributed by atoms with Gasteiger partial charge in [0.2, 0.25) is 0 Å². The summed E-state index contributed by atoms with van der Waals surface area (Å²) in [6.45, 7) is 9.77. The molecule has 0 saturated carbocycles. The maximum Gasteiger partial charge on any atom is 0.306 e. The number of ether oxygens (including phenoxy) is 1. The van der Waals surface area contributed by atoms with Crippen LogP contribution in [0.5, 0.6) is 0 Å². The lowest BCUT2D eigenvalue weighted by atomic mass is 9.80. The van der Waals surface area contributed by atoms with Crippen molar-refractivity contribution in [2.75, 3.05) is 0 Å². The smallest absolute Gasteiger partial charge is 0.306 e. The molecule has 0 unspecified atom stereocenters. The van der Waals surface area contributed by atoms with E-state index < -0.39 is 11.1 Å². The van der Waals surface area contributed by atoms with Crippen molar-refractivity contribution in [3.05, 3.63) is 0 Å². The number of hydroxylamine groups is 2. The molecule has 0 aliphatic carbocycles. The third-order valence-electron chi connectivity index (χ3n) is 3.84. The maximum atomic E-state index is 12.2. The molecule has 0 aromatic carbocycles. The van der Waals surface area contributed by atoms with Gasteiger partial charge in [-0.2, -0.15) is 0 Å². The zero-order valence-corrected chi connectivity index (χ0v) is 13.0. The molecule has 0 atom stereocenters. The van der Waals surface area contributed by atoms with Gasteiger partial charge in [0.25, 0.3) is 0 Å². The minimum absolute atomic E-state index is 0.121. The first-order valence-electron chi connectivity index (χ1n) is 7.36. The monoisotopic (exact) mass is 270 g/mol. The van der Waals surface area contributed by atoms with Crippen LogP contribution in [0, 0.1) is 0 Å². The zero-order chi connectivity index (χ0) is 14.7. The molecule has 19 heavy (non-hydrogen) atoms. The van der Waals surface area contributed by atoms with E-state index in [9.17, 15) is 10.0 Å². The number of carbonyl (C=O) groups excluding carboxylic acids is 1. The van der Waals surface area contributed by atoms with E-state index >= 15 is 0 Å². The summed E-state index contributed by atoms with van der Waals surface area (Å²) in [5.74, 6) is -0.121. The zero-order valence-electron chi connectivity index (χ0n) is 13.0. The number of hydrogen-bond acceptors (Lipinski definition) is 3. The average molecular weight is 270 g/mol. The van der Waals surface area contributed by atoms with E-state index in [1.807, 2.05) is 27.7 Å². The van der Waals surface area contributed by atoms with E-state index in [0.29, 0.717) is 19.3 Å². The van der Waals surface area contributed by atoms with Crippen molar-refractivity contribution < 1.29 is 14.7 Å². The molecule has 4 nitrogen and oxygen atoms in total. The molecule has 0 N–H and O–H groups in total. The van der Waals surface area contributed by atoms with Gasteiger partial charge in [0, 0.05) is 30.3 Å². The second kappa shape index (κ2) is 6.23. The van der Waals surface area contributed by atoms with Gasteiger partial charge >= 0.3 is 5.97 Å². The van der Waals surface area contributed by atoms with Crippen LogP contribution in [0.25, 0.3) is 0 Å². The summed E-state index contributed by atoms with van der Waals surface area (Å²) >= 11 is 0. The molecule has 0 spiro atoms. The Morgan fingerprint density at radius 1 is 1.16 bits per heavy atom. The molecule has 0 aromatic rings. The predicted molar refractivity (Wildman–Crippen MR) is 73.9 cm³/mol. The van der Waals surface area contributed by atoms with Crippen molar-refractivity contribution in [1.29, 1.82) is 0 Å². The standard InChI is InChI=1S/C15H28NO3/c1-6-7-8-9-13(17)19-12-10-14(2,3)16(18)15(4,5)11-12/h12H,6-11H2,1-5H3. The number of nitrogens with zero attached hydrogens (tertiary/aromatic N) is 1. The number of hydrogen-bond donors (Lipinski definition) is 0. The first kappa shape index (κ1) is 16.4. The van der Waals surface area contributed by atoms with Crippen LogP contribution in [-0.2, 0) is 14.7 Å². The molecule has 0 amide bonds. The number of rotatable bonds is 5. The Balaban J connectivity index is 2.53. The molecule has 1 aliphatic rings. The Morgan fingerprint density at radius 2 is 1.68 bits per heavy atom. The second-order valence-corrected chi connectivity index (χ2v) is 6.90. The predicted octanol–water partition coefficient (Wildman–Crippen LogP) is 3.48. The second-order valence-electron chi connectivity index (χ2n) is 6.90. The van der Waals surface area contributed by atoms with Gasteiger partial charge in [0.1, 0.15) is 6.10 Å². The molecule has 1 saturated heterocycles. The van der Waals surface area contributed by atoms with Crippen LogP contribution in [0.1, 0.15) is 73.1 Å². The van der Waals surface area contributed by atoms with E-state index in [1.54, 1.807) is 0 Å². The van der Waals surface area contributed by atoms with Crippen LogP contribution in [0.3, 0.4) is 0 Å². The Morgan fingerprint density at radius 3 is 2.16 bits per heavy atom. The molecule has 1 heterocycles. The Hall–Kier alpha value is -0.610. The van der Waals surface area contributed by atoms with E-state index in [4.69, 9.17) is 4.74 Å². The Kier molecular flexibility index (Phi) is 5.39. The quantitative estimate of drug-likeness (QED) is 0.567. The highest BCUT2D eigenvalue weighted by Gasteiger charge is 2.47. The molecule has 0 aromatic heterocycles. The minimum Gasteiger partial charge on any atom is -0.462 e. The third-order valence-corrected chi connectivity index (χ3v) is 3.84. The van der Waals surface area contributed by atoms with Crippen molar-refractivity contribution in [3.8, 4) is 0 Å². The largest absolute Gasteiger partial charge is 0.462 e. The van der Waals surface area contributed by atoms with Gasteiger partial charge in [-0.05, 0) is 34.1 Å². The molecule has 1 radical (unpaired) electrons. The van der Waals surface area contributed by atoms with E-state index in [2.05, 4.69) is 6.92 Å². The fraction of sp³-hybridized carbons (Fsp3) is 0.933. The van der Waals surface area contributed by atoms with Gasteiger partial charge in [-0.1, -0.05) is 19.8 Å². The molecule has 1 fully saturated rings. The lowest BCUT2D eigenvalue weighted by molar-refractivity contribution is -0.299. The van der Waals surface area contributed by atoms with Crippen LogP contribution in [0.15, 0.2) is 0 Å². The van der Waals surface area contributed by atoms with Gasteiger partial charge in [0.05, 0.1) is 0 Å². The topological polar surface area (TPSA) is 49.4 Å². The minimum atomic E-state index is -0.476. The van der Waals surface area contributed by atoms with Crippen molar-refractivity contribution >= 4 is 5.97 Å². The van der Waals surface area contributed by atoms with E-state index in [1.165, 1.54) is 0 Å². The van der Waals surface area contributed by atoms with Crippen LogP contribution in [0.4, 0.5) is 0 Å². The molecular weight excluding hydrogens is 242 g/mol. The first-order chi connectivity index (χ1) is 8.69. The Labute approximate surface area is 117 Å². The van der Waals surface area contributed by atoms with Crippen molar-refractivity contribution in [2.24, 2.45) is 0 Å². The van der Waals surface area contributed by atoms with Gasteiger partial charge in [0.15, 0.2) is 0 Å². The maximum absolute atomic E-state index is 12.2. The van der Waals surface area contributed by atoms with Crippen molar-refractivity contribution in [3.63, 3.8) is 0 Å². The van der Waals surface area contributed by atoms with Crippen LogP contribution in [0.2, 0.25) is 0 Å². The summed E-state index contributed by atoms with van der Waals surface area (Å²) in [5, 5.41) is 13.3. The van der Waals surface area contributed by atoms with Gasteiger partial charge in [-0.3, -0.25) is 4.79 Å². The fourth-order valence-electron chi connectivity index (χ4n) is 3.02. The van der Waals surface area contributed by atoms with Crippen LogP contribution >= 0.6 is 0 Å². The number of carbonyl (C=O) groups is 1. The first-order valence-corrected chi connectivity index (χ1v) is 7.36. The number of unbranched alkanes of at least 4 members (excludes halogenated alkanes) is 2. The van der Waals surface area contributed by atoms with Crippen LogP contribution in [-0.4, -0.2) is 28.2 Å². The summed E-state index contributed by atoms with van der Waals surface area (Å²) in [6, 6.07) is 0. The number of piperidine rings is 1. The average Bonchev–Trinajstić information content (AvgIpc) is 2.25.